The Morgan fingerprint density at radius 1 is 0.794 bits per heavy atom. The maximum Gasteiger partial charge on any atom is 0.254 e. The summed E-state index contributed by atoms with van der Waals surface area (Å²) in [6, 6.07) is 11.8. The maximum atomic E-state index is 13.9. The van der Waals surface area contributed by atoms with Gasteiger partial charge in [0.2, 0.25) is 0 Å². The van der Waals surface area contributed by atoms with E-state index in [2.05, 4.69) is 0 Å². The number of ether oxygens (including phenoxy) is 4. The number of nitrogens with zero attached hydrogens (tertiary/aromatic N) is 1. The van der Waals surface area contributed by atoms with E-state index >= 15 is 0 Å². The van der Waals surface area contributed by atoms with E-state index in [4.69, 9.17) is 18.9 Å². The molecule has 1 aliphatic heterocycles. The number of hydrogen-bond donors (Lipinski definition) is 0. The smallest absolute Gasteiger partial charge is 0.254 e. The van der Waals surface area contributed by atoms with Gasteiger partial charge in [0, 0.05) is 12.1 Å². The van der Waals surface area contributed by atoms with Crippen LogP contribution in [0.5, 0.6) is 23.0 Å². The lowest BCUT2D eigenvalue weighted by molar-refractivity contribution is 0.0693. The summed E-state index contributed by atoms with van der Waals surface area (Å²) >= 11 is 0. The lowest BCUT2D eigenvalue weighted by Crippen LogP contribution is -2.40. The first-order valence-electron chi connectivity index (χ1n) is 10.6. The molecular weight excluding hydrogens is 444 g/mol. The molecule has 0 bridgehead atoms. The summed E-state index contributed by atoms with van der Waals surface area (Å²) in [4.78, 5) is 15.2. The van der Waals surface area contributed by atoms with Crippen molar-refractivity contribution in [3.05, 3.63) is 82.4 Å². The van der Waals surface area contributed by atoms with Crippen molar-refractivity contribution in [2.45, 2.75) is 12.5 Å². The predicted octanol–water partition coefficient (Wildman–Crippen LogP) is 4.79. The summed E-state index contributed by atoms with van der Waals surface area (Å²) in [6.45, 7) is 0.360. The fourth-order valence-electron chi connectivity index (χ4n) is 4.34. The van der Waals surface area contributed by atoms with Crippen molar-refractivity contribution >= 4 is 5.91 Å². The Balaban J connectivity index is 1.88. The molecule has 1 amide bonds. The van der Waals surface area contributed by atoms with Crippen molar-refractivity contribution in [1.82, 2.24) is 4.90 Å². The largest absolute Gasteiger partial charge is 0.493 e. The van der Waals surface area contributed by atoms with E-state index in [1.165, 1.54) is 13.2 Å². The predicted molar refractivity (Wildman–Crippen MR) is 122 cm³/mol. The first-order valence-corrected chi connectivity index (χ1v) is 10.6. The molecule has 0 fully saturated rings. The summed E-state index contributed by atoms with van der Waals surface area (Å²) in [5, 5.41) is 0. The number of methoxy groups -OCH3 is 4. The number of hydrogen-bond acceptors (Lipinski definition) is 5. The van der Waals surface area contributed by atoms with Crippen LogP contribution in [0.3, 0.4) is 0 Å². The van der Waals surface area contributed by atoms with Gasteiger partial charge in [-0.15, -0.1) is 0 Å². The Hall–Kier alpha value is -3.81. The van der Waals surface area contributed by atoms with Crippen LogP contribution in [0.25, 0.3) is 0 Å². The van der Waals surface area contributed by atoms with Crippen LogP contribution in [-0.4, -0.2) is 45.8 Å². The fourth-order valence-corrected chi connectivity index (χ4v) is 4.34. The third kappa shape index (κ3) is 4.11. The summed E-state index contributed by atoms with van der Waals surface area (Å²) in [5.74, 6) is -0.326. The van der Waals surface area contributed by atoms with Gasteiger partial charge < -0.3 is 23.8 Å². The highest BCUT2D eigenvalue weighted by Gasteiger charge is 2.34. The van der Waals surface area contributed by atoms with E-state index in [0.29, 0.717) is 36.0 Å². The van der Waals surface area contributed by atoms with E-state index < -0.39 is 23.6 Å². The number of fused-ring (bicyclic) bond motifs is 1. The summed E-state index contributed by atoms with van der Waals surface area (Å²) in [5.41, 5.74) is 2.66. The highest BCUT2D eigenvalue weighted by molar-refractivity contribution is 5.95. The number of halogens is 2. The average molecular weight is 469 g/mol. The topological polar surface area (TPSA) is 57.2 Å². The quantitative estimate of drug-likeness (QED) is 0.520. The van der Waals surface area contributed by atoms with Crippen LogP contribution in [-0.2, 0) is 6.42 Å². The number of benzene rings is 3. The number of amides is 1. The van der Waals surface area contributed by atoms with Crippen LogP contribution in [0, 0.1) is 11.6 Å². The van der Waals surface area contributed by atoms with Gasteiger partial charge in [0.1, 0.15) is 0 Å². The molecule has 34 heavy (non-hydrogen) atoms. The van der Waals surface area contributed by atoms with Crippen molar-refractivity contribution in [1.29, 1.82) is 0 Å². The third-order valence-corrected chi connectivity index (χ3v) is 6.02. The van der Waals surface area contributed by atoms with E-state index in [1.54, 1.807) is 38.4 Å². The molecule has 0 radical (unpaired) electrons. The number of carbonyl (C=O) groups excluding carboxylic acids is 1. The molecule has 8 heteroatoms. The Morgan fingerprint density at radius 2 is 1.44 bits per heavy atom. The molecule has 0 saturated carbocycles. The second-order valence-electron chi connectivity index (χ2n) is 7.80. The van der Waals surface area contributed by atoms with Crippen LogP contribution in [0.2, 0.25) is 0 Å². The zero-order chi connectivity index (χ0) is 24.4. The van der Waals surface area contributed by atoms with E-state index in [0.717, 1.165) is 28.8 Å². The molecule has 0 aromatic heterocycles. The molecular formula is C26H25F2NO5. The van der Waals surface area contributed by atoms with Crippen LogP contribution < -0.4 is 18.9 Å². The lowest BCUT2D eigenvalue weighted by Gasteiger charge is -2.38. The molecule has 1 atom stereocenters. The molecule has 0 spiro atoms. The fraction of sp³-hybridized carbons (Fsp3) is 0.269. The van der Waals surface area contributed by atoms with Crippen molar-refractivity contribution in [2.24, 2.45) is 0 Å². The Bertz CT molecular complexity index is 1230. The molecule has 0 unspecified atom stereocenters. The van der Waals surface area contributed by atoms with Crippen LogP contribution in [0.15, 0.2) is 48.5 Å². The Kier molecular flexibility index (Phi) is 6.58. The molecule has 3 aromatic rings. The zero-order valence-electron chi connectivity index (χ0n) is 19.4. The monoisotopic (exact) mass is 469 g/mol. The normalized spacial score (nSPS) is 14.9. The highest BCUT2D eigenvalue weighted by Crippen LogP contribution is 2.43. The summed E-state index contributed by atoms with van der Waals surface area (Å²) in [7, 11) is 6.19. The van der Waals surface area contributed by atoms with Crippen LogP contribution in [0.4, 0.5) is 8.78 Å². The first-order chi connectivity index (χ1) is 16.4. The number of rotatable bonds is 6. The van der Waals surface area contributed by atoms with Gasteiger partial charge in [-0.25, -0.2) is 8.78 Å². The van der Waals surface area contributed by atoms with E-state index in [-0.39, 0.29) is 5.56 Å². The zero-order valence-corrected chi connectivity index (χ0v) is 19.4. The maximum absolute atomic E-state index is 13.9. The highest BCUT2D eigenvalue weighted by atomic mass is 19.2. The van der Waals surface area contributed by atoms with Gasteiger partial charge in [-0.3, -0.25) is 4.79 Å². The van der Waals surface area contributed by atoms with Crippen molar-refractivity contribution in [2.75, 3.05) is 35.0 Å². The van der Waals surface area contributed by atoms with Crippen LogP contribution in [0.1, 0.15) is 33.1 Å². The second-order valence-corrected chi connectivity index (χ2v) is 7.80. The molecule has 4 rings (SSSR count). The average Bonchev–Trinajstić information content (AvgIpc) is 2.87. The van der Waals surface area contributed by atoms with Gasteiger partial charge in [-0.05, 0) is 65.6 Å². The second kappa shape index (κ2) is 9.59. The van der Waals surface area contributed by atoms with Gasteiger partial charge in [-0.1, -0.05) is 6.07 Å². The van der Waals surface area contributed by atoms with Gasteiger partial charge in [-0.2, -0.15) is 0 Å². The van der Waals surface area contributed by atoms with Gasteiger partial charge in [0.25, 0.3) is 5.91 Å². The Labute approximate surface area is 196 Å². The lowest BCUT2D eigenvalue weighted by atomic mass is 9.87. The molecule has 1 aliphatic rings. The standard InChI is InChI=1S/C26H25F2NO5/c1-31-21-8-6-16(13-22(21)32-2)25-18-14-24(34-4)23(33-3)12-15(18)9-10-29(25)26(30)17-5-7-19(27)20(28)11-17/h5-8,11-14,25H,9-10H2,1-4H3/t25-/m0/s1. The van der Waals surface area contributed by atoms with Gasteiger partial charge >= 0.3 is 0 Å². The summed E-state index contributed by atoms with van der Waals surface area (Å²) < 4.78 is 49.2. The van der Waals surface area contributed by atoms with Crippen molar-refractivity contribution in [3.8, 4) is 23.0 Å². The summed E-state index contributed by atoms with van der Waals surface area (Å²) in [6.07, 6.45) is 0.550. The molecule has 0 saturated heterocycles. The van der Waals surface area contributed by atoms with E-state index in [1.807, 2.05) is 18.2 Å². The van der Waals surface area contributed by atoms with Crippen molar-refractivity contribution in [3.63, 3.8) is 0 Å². The molecule has 3 aromatic carbocycles. The minimum atomic E-state index is -1.07. The van der Waals surface area contributed by atoms with E-state index in [9.17, 15) is 13.6 Å². The van der Waals surface area contributed by atoms with Gasteiger partial charge in [0.05, 0.1) is 34.5 Å². The third-order valence-electron chi connectivity index (χ3n) is 6.02. The van der Waals surface area contributed by atoms with Crippen molar-refractivity contribution < 1.29 is 32.5 Å². The minimum absolute atomic E-state index is 0.0632. The van der Waals surface area contributed by atoms with Gasteiger partial charge in [0.15, 0.2) is 34.6 Å². The van der Waals surface area contributed by atoms with Crippen LogP contribution >= 0.6 is 0 Å². The molecule has 6 nitrogen and oxygen atoms in total. The SMILES string of the molecule is COc1ccc([C@H]2c3cc(OC)c(OC)cc3CCN2C(=O)c2ccc(F)c(F)c2)cc1OC. The molecule has 0 N–H and O–H groups in total. The Morgan fingerprint density at radius 3 is 2.09 bits per heavy atom. The number of carbonyl (C=O) groups is 1. The molecule has 0 aliphatic carbocycles. The molecule has 178 valence electrons. The first kappa shape index (κ1) is 23.4. The minimum Gasteiger partial charge on any atom is -0.493 e. The molecule has 1 heterocycles.